The zero-order valence-corrected chi connectivity index (χ0v) is 17.1. The summed E-state index contributed by atoms with van der Waals surface area (Å²) in [4.78, 5) is 22.0. The van der Waals surface area contributed by atoms with Crippen LogP contribution in [0.2, 0.25) is 0 Å². The predicted molar refractivity (Wildman–Crippen MR) is 117 cm³/mol. The van der Waals surface area contributed by atoms with Crippen molar-refractivity contribution in [1.82, 2.24) is 9.38 Å². The number of nitrogens with zero attached hydrogens (tertiary/aromatic N) is 4. The second kappa shape index (κ2) is 7.54. The van der Waals surface area contributed by atoms with Crippen molar-refractivity contribution in [1.29, 1.82) is 0 Å². The molecule has 1 atom stereocenters. The Morgan fingerprint density at radius 2 is 2.07 bits per heavy atom. The molecule has 1 amide bonds. The number of fused-ring (bicyclic) bond motifs is 2. The van der Waals surface area contributed by atoms with Gasteiger partial charge in [-0.25, -0.2) is 4.98 Å². The van der Waals surface area contributed by atoms with Gasteiger partial charge in [0.1, 0.15) is 0 Å². The molecule has 5 rings (SSSR count). The van der Waals surface area contributed by atoms with Gasteiger partial charge < -0.3 is 14.2 Å². The topological polar surface area (TPSA) is 40.9 Å². The number of hydrogen-bond acceptors (Lipinski definition) is 3. The minimum atomic E-state index is 0.0757. The molecule has 4 heterocycles. The highest BCUT2D eigenvalue weighted by atomic mass is 16.2. The summed E-state index contributed by atoms with van der Waals surface area (Å²) in [5.41, 5.74) is 5.36. The smallest absolute Gasteiger partial charge is 0.258 e. The van der Waals surface area contributed by atoms with Crippen molar-refractivity contribution in [3.05, 3.63) is 60.2 Å². The van der Waals surface area contributed by atoms with Gasteiger partial charge in [-0.1, -0.05) is 6.92 Å². The number of piperidine rings is 1. The number of hydrogen-bond donors (Lipinski definition) is 0. The third-order valence-electron chi connectivity index (χ3n) is 6.52. The van der Waals surface area contributed by atoms with E-state index < -0.39 is 0 Å². The Bertz CT molecular complexity index is 1040. The van der Waals surface area contributed by atoms with Gasteiger partial charge in [0, 0.05) is 42.3 Å². The molecule has 1 saturated heterocycles. The molecule has 5 nitrogen and oxygen atoms in total. The van der Waals surface area contributed by atoms with E-state index in [0.29, 0.717) is 6.04 Å². The van der Waals surface area contributed by atoms with E-state index in [4.69, 9.17) is 0 Å². The van der Waals surface area contributed by atoms with Gasteiger partial charge in [0.05, 0.1) is 18.0 Å². The maximum atomic E-state index is 13.3. The zero-order valence-electron chi connectivity index (χ0n) is 17.1. The van der Waals surface area contributed by atoms with E-state index in [0.717, 1.165) is 42.7 Å². The average Bonchev–Trinajstić information content (AvgIpc) is 3.25. The standard InChI is InChI=1S/C24H28N4O/c1-2-20-7-3-4-11-27(20)21-8-9-23-18(14-21)6-5-12-28(23)24(29)19-10-13-26-17-25-16-22(26)15-19/h8-10,13-17,20H,2-7,11-12H2,1H3. The molecule has 3 aromatic rings. The quantitative estimate of drug-likeness (QED) is 0.653. The van der Waals surface area contributed by atoms with E-state index in [1.807, 2.05) is 27.6 Å². The van der Waals surface area contributed by atoms with Crippen LogP contribution >= 0.6 is 0 Å². The Hall–Kier alpha value is -2.82. The molecule has 1 unspecified atom stereocenters. The van der Waals surface area contributed by atoms with Crippen LogP contribution in [0.4, 0.5) is 11.4 Å². The number of carbonyl (C=O) groups excluding carboxylic acids is 1. The second-order valence-electron chi connectivity index (χ2n) is 8.27. The fourth-order valence-electron chi connectivity index (χ4n) is 4.95. The number of carbonyl (C=O) groups is 1. The fraction of sp³-hybridized carbons (Fsp3) is 0.417. The third kappa shape index (κ3) is 3.28. The molecule has 2 aliphatic rings. The van der Waals surface area contributed by atoms with Gasteiger partial charge in [-0.15, -0.1) is 0 Å². The lowest BCUT2D eigenvalue weighted by atomic mass is 9.96. The van der Waals surface area contributed by atoms with E-state index >= 15 is 0 Å². The largest absolute Gasteiger partial charge is 0.369 e. The molecule has 0 N–H and O–H groups in total. The number of anilines is 2. The highest BCUT2D eigenvalue weighted by molar-refractivity contribution is 6.07. The first-order valence-electron chi connectivity index (χ1n) is 10.9. The van der Waals surface area contributed by atoms with E-state index in [-0.39, 0.29) is 5.91 Å². The first kappa shape index (κ1) is 18.2. The maximum Gasteiger partial charge on any atom is 0.258 e. The molecule has 29 heavy (non-hydrogen) atoms. The van der Waals surface area contributed by atoms with Crippen LogP contribution in [0.1, 0.15) is 54.9 Å². The third-order valence-corrected chi connectivity index (χ3v) is 6.52. The number of imidazole rings is 1. The Morgan fingerprint density at radius 1 is 1.14 bits per heavy atom. The van der Waals surface area contributed by atoms with E-state index in [1.54, 1.807) is 12.5 Å². The van der Waals surface area contributed by atoms with Gasteiger partial charge in [0.2, 0.25) is 0 Å². The van der Waals surface area contributed by atoms with Gasteiger partial charge in [-0.2, -0.15) is 0 Å². The number of amides is 1. The molecule has 2 aliphatic heterocycles. The van der Waals surface area contributed by atoms with Crippen molar-refractivity contribution in [3.63, 3.8) is 0 Å². The number of aromatic nitrogens is 2. The summed E-state index contributed by atoms with van der Waals surface area (Å²) in [6, 6.07) is 11.2. The molecule has 0 bridgehead atoms. The zero-order chi connectivity index (χ0) is 19.8. The van der Waals surface area contributed by atoms with Crippen molar-refractivity contribution < 1.29 is 4.79 Å². The van der Waals surface area contributed by atoms with Gasteiger partial charge in [0.15, 0.2) is 0 Å². The Balaban J connectivity index is 1.45. The van der Waals surface area contributed by atoms with E-state index in [9.17, 15) is 4.79 Å². The lowest BCUT2D eigenvalue weighted by Gasteiger charge is -2.38. The van der Waals surface area contributed by atoms with Crippen LogP contribution in [-0.4, -0.2) is 34.4 Å². The fourth-order valence-corrected chi connectivity index (χ4v) is 4.95. The molecular formula is C24H28N4O. The summed E-state index contributed by atoms with van der Waals surface area (Å²) in [6.07, 6.45) is 12.6. The predicted octanol–water partition coefficient (Wildman–Crippen LogP) is 4.70. The maximum absolute atomic E-state index is 13.3. The molecule has 0 radical (unpaired) electrons. The van der Waals surface area contributed by atoms with Gasteiger partial charge in [0.25, 0.3) is 5.91 Å². The summed E-state index contributed by atoms with van der Waals surface area (Å²) in [6.45, 7) is 4.21. The minimum Gasteiger partial charge on any atom is -0.369 e. The summed E-state index contributed by atoms with van der Waals surface area (Å²) < 4.78 is 1.93. The van der Waals surface area contributed by atoms with E-state index in [1.165, 1.54) is 36.9 Å². The average molecular weight is 389 g/mol. The Labute approximate surface area is 172 Å². The van der Waals surface area contributed by atoms with Gasteiger partial charge in [-0.05, 0) is 74.4 Å². The van der Waals surface area contributed by atoms with Crippen molar-refractivity contribution in [3.8, 4) is 0 Å². The van der Waals surface area contributed by atoms with Crippen LogP contribution in [0.25, 0.3) is 5.52 Å². The molecule has 0 spiro atoms. The summed E-state index contributed by atoms with van der Waals surface area (Å²) in [5.74, 6) is 0.0757. The van der Waals surface area contributed by atoms with Crippen LogP contribution in [0.15, 0.2) is 49.1 Å². The molecule has 0 saturated carbocycles. The normalized spacial score (nSPS) is 19.4. The molecule has 1 aromatic carbocycles. The van der Waals surface area contributed by atoms with Gasteiger partial charge in [-0.3, -0.25) is 4.79 Å². The SMILES string of the molecule is CCC1CCCCN1c1ccc2c(c1)CCCN2C(=O)c1ccn2cncc2c1. The van der Waals surface area contributed by atoms with Crippen molar-refractivity contribution >= 4 is 22.8 Å². The van der Waals surface area contributed by atoms with Crippen LogP contribution in [0, 0.1) is 0 Å². The van der Waals surface area contributed by atoms with E-state index in [2.05, 4.69) is 35.0 Å². The molecule has 0 aliphatic carbocycles. The Morgan fingerprint density at radius 3 is 2.97 bits per heavy atom. The minimum absolute atomic E-state index is 0.0757. The molecule has 150 valence electrons. The van der Waals surface area contributed by atoms with Crippen LogP contribution < -0.4 is 9.80 Å². The molecular weight excluding hydrogens is 360 g/mol. The van der Waals surface area contributed by atoms with Gasteiger partial charge >= 0.3 is 0 Å². The van der Waals surface area contributed by atoms with Crippen LogP contribution in [0.5, 0.6) is 0 Å². The van der Waals surface area contributed by atoms with Crippen molar-refractivity contribution in [2.75, 3.05) is 22.9 Å². The Kier molecular flexibility index (Phi) is 4.74. The number of pyridine rings is 1. The highest BCUT2D eigenvalue weighted by Crippen LogP contribution is 2.34. The summed E-state index contributed by atoms with van der Waals surface area (Å²) >= 11 is 0. The second-order valence-corrected chi connectivity index (χ2v) is 8.27. The van der Waals surface area contributed by atoms with Crippen molar-refractivity contribution in [2.45, 2.75) is 51.5 Å². The summed E-state index contributed by atoms with van der Waals surface area (Å²) in [5, 5.41) is 0. The number of benzene rings is 1. The first-order chi connectivity index (χ1) is 14.2. The van der Waals surface area contributed by atoms with Crippen molar-refractivity contribution in [2.24, 2.45) is 0 Å². The monoisotopic (exact) mass is 388 g/mol. The lowest BCUT2D eigenvalue weighted by Crippen LogP contribution is -2.39. The molecule has 5 heteroatoms. The summed E-state index contributed by atoms with van der Waals surface area (Å²) in [7, 11) is 0. The number of rotatable bonds is 3. The lowest BCUT2D eigenvalue weighted by molar-refractivity contribution is 0.0985. The molecule has 1 fully saturated rings. The van der Waals surface area contributed by atoms with Crippen LogP contribution in [-0.2, 0) is 6.42 Å². The highest BCUT2D eigenvalue weighted by Gasteiger charge is 2.26. The van der Waals surface area contributed by atoms with Crippen LogP contribution in [0.3, 0.4) is 0 Å². The molecule has 2 aromatic heterocycles. The first-order valence-corrected chi connectivity index (χ1v) is 10.9. The number of aryl methyl sites for hydroxylation is 1.